The second-order valence-electron chi connectivity index (χ2n) is 4.52. The normalized spacial score (nSPS) is 13.2. The van der Waals surface area contributed by atoms with Crippen molar-refractivity contribution < 1.29 is 8.60 Å². The highest BCUT2D eigenvalue weighted by Gasteiger charge is 2.20. The maximum Gasteiger partial charge on any atom is 0.128 e. The predicted molar refractivity (Wildman–Crippen MR) is 62.7 cm³/mol. The van der Waals surface area contributed by atoms with E-state index in [2.05, 4.69) is 0 Å². The average Bonchev–Trinajstić information content (AvgIpc) is 2.19. The van der Waals surface area contributed by atoms with Gasteiger partial charge in [0.1, 0.15) is 5.82 Å². The molecule has 1 unspecified atom stereocenters. The van der Waals surface area contributed by atoms with Crippen LogP contribution < -0.4 is 0 Å². The fourth-order valence-electron chi connectivity index (χ4n) is 1.09. The van der Waals surface area contributed by atoms with Gasteiger partial charge in [-0.2, -0.15) is 5.26 Å². The quantitative estimate of drug-likeness (QED) is 0.796. The van der Waals surface area contributed by atoms with Crippen LogP contribution in [0, 0.1) is 17.1 Å². The molecule has 1 aromatic carbocycles. The fraction of sp³-hybridized carbons (Fsp3) is 0.417. The van der Waals surface area contributed by atoms with Crippen LogP contribution >= 0.6 is 0 Å². The molecule has 0 amide bonds. The van der Waals surface area contributed by atoms with Crippen molar-refractivity contribution in [3.8, 4) is 6.07 Å². The van der Waals surface area contributed by atoms with Crippen molar-refractivity contribution in [3.63, 3.8) is 0 Å². The zero-order valence-electron chi connectivity index (χ0n) is 9.58. The third kappa shape index (κ3) is 3.14. The largest absolute Gasteiger partial charge is 0.259 e. The maximum absolute atomic E-state index is 13.5. The number of nitrogens with zero attached hydrogens (tertiary/aromatic N) is 1. The van der Waals surface area contributed by atoms with Crippen LogP contribution in [0.5, 0.6) is 0 Å². The second-order valence-corrected chi connectivity index (χ2v) is 6.72. The standard InChI is InChI=1S/C12H14FNOS/c1-12(2,3)16(15)8-10-5-4-9(7-14)6-11(10)13/h4-6H,8H2,1-3H3. The van der Waals surface area contributed by atoms with Crippen LogP contribution in [0.4, 0.5) is 4.39 Å². The van der Waals surface area contributed by atoms with Crippen LogP contribution in [0.25, 0.3) is 0 Å². The number of hydrogen-bond acceptors (Lipinski definition) is 2. The number of rotatable bonds is 2. The van der Waals surface area contributed by atoms with E-state index in [0.29, 0.717) is 5.56 Å². The van der Waals surface area contributed by atoms with Crippen LogP contribution in [0.15, 0.2) is 18.2 Å². The molecule has 0 aliphatic rings. The Labute approximate surface area is 97.6 Å². The van der Waals surface area contributed by atoms with Gasteiger partial charge in [0.2, 0.25) is 0 Å². The van der Waals surface area contributed by atoms with Gasteiger partial charge in [-0.05, 0) is 32.9 Å². The van der Waals surface area contributed by atoms with Gasteiger partial charge < -0.3 is 0 Å². The zero-order valence-corrected chi connectivity index (χ0v) is 10.4. The molecule has 4 heteroatoms. The van der Waals surface area contributed by atoms with Crippen molar-refractivity contribution >= 4 is 10.8 Å². The molecule has 0 saturated carbocycles. The molecule has 2 nitrogen and oxygen atoms in total. The van der Waals surface area contributed by atoms with E-state index in [4.69, 9.17) is 5.26 Å². The van der Waals surface area contributed by atoms with E-state index < -0.39 is 16.6 Å². The van der Waals surface area contributed by atoms with Crippen molar-refractivity contribution in [2.75, 3.05) is 0 Å². The number of nitriles is 1. The molecule has 0 bridgehead atoms. The highest BCUT2D eigenvalue weighted by Crippen LogP contribution is 2.18. The molecule has 0 heterocycles. The SMILES string of the molecule is CC(C)(C)S(=O)Cc1ccc(C#N)cc1F. The number of hydrogen-bond donors (Lipinski definition) is 0. The molecular formula is C12H14FNOS. The summed E-state index contributed by atoms with van der Waals surface area (Å²) in [6, 6.07) is 6.10. The first-order valence-electron chi connectivity index (χ1n) is 4.91. The molecule has 0 aliphatic heterocycles. The summed E-state index contributed by atoms with van der Waals surface area (Å²) >= 11 is 0. The van der Waals surface area contributed by atoms with Gasteiger partial charge in [-0.25, -0.2) is 4.39 Å². The molecule has 0 spiro atoms. The molecule has 1 rings (SSSR count). The van der Waals surface area contributed by atoms with Crippen molar-refractivity contribution in [1.82, 2.24) is 0 Å². The Morgan fingerprint density at radius 3 is 2.50 bits per heavy atom. The van der Waals surface area contributed by atoms with Crippen LogP contribution in [-0.4, -0.2) is 8.96 Å². The lowest BCUT2D eigenvalue weighted by atomic mass is 10.1. The van der Waals surface area contributed by atoms with Crippen LogP contribution in [-0.2, 0) is 16.6 Å². The summed E-state index contributed by atoms with van der Waals surface area (Å²) in [6.07, 6.45) is 0. The third-order valence-electron chi connectivity index (χ3n) is 2.15. The topological polar surface area (TPSA) is 40.9 Å². The zero-order chi connectivity index (χ0) is 12.3. The summed E-state index contributed by atoms with van der Waals surface area (Å²) in [5.74, 6) is -0.280. The molecule has 0 saturated heterocycles. The first-order valence-corrected chi connectivity index (χ1v) is 6.23. The van der Waals surface area contributed by atoms with E-state index in [9.17, 15) is 8.60 Å². The smallest absolute Gasteiger partial charge is 0.128 e. The minimum atomic E-state index is -1.13. The Hall–Kier alpha value is -1.21. The Morgan fingerprint density at radius 2 is 2.06 bits per heavy atom. The Morgan fingerprint density at radius 1 is 1.44 bits per heavy atom. The van der Waals surface area contributed by atoms with E-state index in [1.807, 2.05) is 26.8 Å². The number of halogens is 1. The summed E-state index contributed by atoms with van der Waals surface area (Å²) in [5.41, 5.74) is 0.676. The second kappa shape index (κ2) is 4.75. The van der Waals surface area contributed by atoms with E-state index in [1.54, 1.807) is 0 Å². The monoisotopic (exact) mass is 239 g/mol. The molecule has 1 atom stereocenters. The molecule has 1 aromatic rings. The van der Waals surface area contributed by atoms with E-state index >= 15 is 0 Å². The van der Waals surface area contributed by atoms with E-state index in [1.165, 1.54) is 18.2 Å². The van der Waals surface area contributed by atoms with Gasteiger partial charge in [0, 0.05) is 21.1 Å². The summed E-state index contributed by atoms with van der Waals surface area (Å²) < 4.78 is 25.0. The van der Waals surface area contributed by atoms with Gasteiger partial charge in [-0.1, -0.05) is 6.07 Å². The molecule has 86 valence electrons. The van der Waals surface area contributed by atoms with Gasteiger partial charge in [0.05, 0.1) is 17.4 Å². The summed E-state index contributed by atoms with van der Waals surface area (Å²) in [4.78, 5) is 0. The first-order chi connectivity index (χ1) is 7.34. The minimum Gasteiger partial charge on any atom is -0.259 e. The van der Waals surface area contributed by atoms with Gasteiger partial charge in [0.25, 0.3) is 0 Å². The fourth-order valence-corrected chi connectivity index (χ4v) is 2.04. The Kier molecular flexibility index (Phi) is 3.82. The molecule has 0 fully saturated rings. The molecule has 16 heavy (non-hydrogen) atoms. The molecule has 0 aromatic heterocycles. The minimum absolute atomic E-state index is 0.182. The first kappa shape index (κ1) is 12.9. The van der Waals surface area contributed by atoms with Crippen LogP contribution in [0.3, 0.4) is 0 Å². The van der Waals surface area contributed by atoms with Crippen molar-refractivity contribution in [1.29, 1.82) is 5.26 Å². The van der Waals surface area contributed by atoms with Gasteiger partial charge in [0.15, 0.2) is 0 Å². The lowest BCUT2D eigenvalue weighted by Gasteiger charge is -2.17. The van der Waals surface area contributed by atoms with Gasteiger partial charge >= 0.3 is 0 Å². The van der Waals surface area contributed by atoms with Gasteiger partial charge in [-0.15, -0.1) is 0 Å². The molecule has 0 N–H and O–H groups in total. The van der Waals surface area contributed by atoms with Gasteiger partial charge in [-0.3, -0.25) is 4.21 Å². The molecular weight excluding hydrogens is 225 g/mol. The lowest BCUT2D eigenvalue weighted by Crippen LogP contribution is -2.23. The lowest BCUT2D eigenvalue weighted by molar-refractivity contribution is 0.611. The van der Waals surface area contributed by atoms with E-state index in [0.717, 1.165) is 0 Å². The predicted octanol–water partition coefficient (Wildman–Crippen LogP) is 2.74. The average molecular weight is 239 g/mol. The van der Waals surface area contributed by atoms with Crippen molar-refractivity contribution in [2.45, 2.75) is 31.3 Å². The molecule has 0 aliphatic carbocycles. The molecule has 0 radical (unpaired) electrons. The Bertz CT molecular complexity index is 457. The third-order valence-corrected chi connectivity index (χ3v) is 4.09. The maximum atomic E-state index is 13.5. The van der Waals surface area contributed by atoms with Crippen molar-refractivity contribution in [3.05, 3.63) is 35.1 Å². The number of benzene rings is 1. The highest BCUT2D eigenvalue weighted by molar-refractivity contribution is 7.85. The summed E-state index contributed by atoms with van der Waals surface area (Å²) in [5, 5.41) is 8.59. The van der Waals surface area contributed by atoms with Crippen LogP contribution in [0.2, 0.25) is 0 Å². The van der Waals surface area contributed by atoms with Crippen molar-refractivity contribution in [2.24, 2.45) is 0 Å². The Balaban J connectivity index is 2.92. The summed E-state index contributed by atoms with van der Waals surface area (Å²) in [6.45, 7) is 5.56. The summed E-state index contributed by atoms with van der Waals surface area (Å²) in [7, 11) is -1.13. The highest BCUT2D eigenvalue weighted by atomic mass is 32.2. The van der Waals surface area contributed by atoms with Crippen LogP contribution in [0.1, 0.15) is 31.9 Å². The van der Waals surface area contributed by atoms with E-state index in [-0.39, 0.29) is 16.1 Å².